The number of rotatable bonds is 4. The number of benzene rings is 2. The molecule has 5 nitrogen and oxygen atoms in total. The minimum atomic E-state index is -0.439. The number of halogens is 2. The maximum absolute atomic E-state index is 12.0. The lowest BCUT2D eigenvalue weighted by Gasteiger charge is -2.10. The van der Waals surface area contributed by atoms with E-state index in [-0.39, 0.29) is 20.9 Å². The van der Waals surface area contributed by atoms with Crippen LogP contribution in [0.1, 0.15) is 5.76 Å². The molecule has 0 atom stereocenters. The second-order valence-corrected chi connectivity index (χ2v) is 6.86. The highest BCUT2D eigenvalue weighted by Crippen LogP contribution is 2.34. The highest BCUT2D eigenvalue weighted by molar-refractivity contribution is 7.80. The second kappa shape index (κ2) is 8.93. The predicted molar refractivity (Wildman–Crippen MR) is 116 cm³/mol. The molecule has 142 valence electrons. The Morgan fingerprint density at radius 2 is 1.75 bits per heavy atom. The summed E-state index contributed by atoms with van der Waals surface area (Å²) in [6.45, 7) is 0. The van der Waals surface area contributed by atoms with Crippen LogP contribution in [0.3, 0.4) is 0 Å². The van der Waals surface area contributed by atoms with Gasteiger partial charge in [0.2, 0.25) is 5.91 Å². The molecular weight excluding hydrogens is 419 g/mol. The van der Waals surface area contributed by atoms with Gasteiger partial charge in [-0.25, -0.2) is 0 Å². The molecule has 0 aliphatic carbocycles. The van der Waals surface area contributed by atoms with Gasteiger partial charge in [0.15, 0.2) is 10.9 Å². The van der Waals surface area contributed by atoms with Crippen molar-refractivity contribution in [2.45, 2.75) is 0 Å². The number of nitrogens with one attached hydrogen (secondary N) is 2. The molecule has 3 aromatic rings. The van der Waals surface area contributed by atoms with Crippen molar-refractivity contribution in [2.75, 3.05) is 5.32 Å². The van der Waals surface area contributed by atoms with E-state index in [2.05, 4.69) is 10.6 Å². The van der Waals surface area contributed by atoms with Crippen LogP contribution in [0.4, 0.5) is 5.69 Å². The minimum Gasteiger partial charge on any atom is -0.505 e. The molecule has 0 radical (unpaired) electrons. The second-order valence-electron chi connectivity index (χ2n) is 5.63. The Morgan fingerprint density at radius 3 is 2.43 bits per heavy atom. The van der Waals surface area contributed by atoms with Crippen LogP contribution in [0.5, 0.6) is 5.75 Å². The van der Waals surface area contributed by atoms with E-state index in [1.165, 1.54) is 18.2 Å². The Hall–Kier alpha value is -2.80. The monoisotopic (exact) mass is 432 g/mol. The first-order valence-corrected chi connectivity index (χ1v) is 9.22. The first kappa shape index (κ1) is 19.9. The van der Waals surface area contributed by atoms with Crippen molar-refractivity contribution in [1.82, 2.24) is 5.32 Å². The zero-order valence-electron chi connectivity index (χ0n) is 14.3. The Balaban J connectivity index is 1.58. The molecule has 1 amide bonds. The van der Waals surface area contributed by atoms with Crippen molar-refractivity contribution >= 4 is 58.2 Å². The predicted octanol–water partition coefficient (Wildman–Crippen LogP) is 5.49. The minimum absolute atomic E-state index is 0.0527. The van der Waals surface area contributed by atoms with E-state index in [0.717, 1.165) is 5.56 Å². The van der Waals surface area contributed by atoms with E-state index in [0.29, 0.717) is 17.2 Å². The van der Waals surface area contributed by atoms with Gasteiger partial charge in [-0.15, -0.1) is 0 Å². The van der Waals surface area contributed by atoms with Crippen molar-refractivity contribution in [2.24, 2.45) is 0 Å². The topological polar surface area (TPSA) is 74.5 Å². The molecule has 0 bridgehead atoms. The largest absolute Gasteiger partial charge is 0.505 e. The molecule has 8 heteroatoms. The zero-order chi connectivity index (χ0) is 20.1. The Bertz CT molecular complexity index is 1030. The van der Waals surface area contributed by atoms with Crippen LogP contribution in [0.15, 0.2) is 65.1 Å². The summed E-state index contributed by atoms with van der Waals surface area (Å²) in [5.41, 5.74) is 1.38. The molecule has 0 aliphatic heterocycles. The van der Waals surface area contributed by atoms with Crippen molar-refractivity contribution in [3.05, 3.63) is 76.5 Å². The highest BCUT2D eigenvalue weighted by atomic mass is 35.5. The van der Waals surface area contributed by atoms with E-state index in [1.807, 2.05) is 36.4 Å². The molecule has 3 rings (SSSR count). The van der Waals surface area contributed by atoms with Crippen molar-refractivity contribution in [3.8, 4) is 17.1 Å². The van der Waals surface area contributed by atoms with Gasteiger partial charge in [0.1, 0.15) is 11.5 Å². The Labute approximate surface area is 176 Å². The first-order valence-electron chi connectivity index (χ1n) is 8.05. The van der Waals surface area contributed by atoms with Crippen LogP contribution >= 0.6 is 35.4 Å². The van der Waals surface area contributed by atoms with Gasteiger partial charge in [0.05, 0.1) is 10.0 Å². The molecule has 0 saturated carbocycles. The van der Waals surface area contributed by atoms with E-state index in [9.17, 15) is 9.90 Å². The van der Waals surface area contributed by atoms with Crippen LogP contribution in [-0.4, -0.2) is 16.1 Å². The lowest BCUT2D eigenvalue weighted by molar-refractivity contribution is -0.115. The lowest BCUT2D eigenvalue weighted by atomic mass is 10.2. The molecule has 2 aromatic carbocycles. The van der Waals surface area contributed by atoms with Crippen LogP contribution in [-0.2, 0) is 4.79 Å². The molecule has 0 saturated heterocycles. The summed E-state index contributed by atoms with van der Waals surface area (Å²) >= 11 is 16.8. The SMILES string of the molecule is O=C(/C=C/c1ccc(-c2ccccc2)o1)NC(=S)Nc1cc(Cl)c(O)c(Cl)c1. The fourth-order valence-corrected chi connectivity index (χ4v) is 3.02. The summed E-state index contributed by atoms with van der Waals surface area (Å²) in [6, 6.07) is 16.1. The maximum atomic E-state index is 12.0. The summed E-state index contributed by atoms with van der Waals surface area (Å²) in [5.74, 6) is 0.579. The standard InChI is InChI=1S/C20H14Cl2N2O3S/c21-15-10-13(11-16(22)19(15)26)23-20(28)24-18(25)9-7-14-6-8-17(27-14)12-4-2-1-3-5-12/h1-11,26H,(H2,23,24,25,28)/b9-7+. The number of aromatic hydroxyl groups is 1. The summed E-state index contributed by atoms with van der Waals surface area (Å²) in [5, 5.41) is 15.0. The fourth-order valence-electron chi connectivity index (χ4n) is 2.31. The molecule has 0 fully saturated rings. The van der Waals surface area contributed by atoms with Gasteiger partial charge in [-0.1, -0.05) is 53.5 Å². The number of amides is 1. The molecular formula is C20H14Cl2N2O3S. The van der Waals surface area contributed by atoms with E-state index < -0.39 is 5.91 Å². The maximum Gasteiger partial charge on any atom is 0.250 e. The molecule has 0 unspecified atom stereocenters. The normalized spacial score (nSPS) is 10.8. The van der Waals surface area contributed by atoms with Gasteiger partial charge in [0.25, 0.3) is 0 Å². The smallest absolute Gasteiger partial charge is 0.250 e. The number of carbonyl (C=O) groups is 1. The molecule has 1 aromatic heterocycles. The number of anilines is 1. The van der Waals surface area contributed by atoms with Gasteiger partial charge in [-0.3, -0.25) is 10.1 Å². The number of thiocarbonyl (C=S) groups is 1. The summed E-state index contributed by atoms with van der Waals surface area (Å²) in [7, 11) is 0. The first-order chi connectivity index (χ1) is 13.4. The Morgan fingerprint density at radius 1 is 1.07 bits per heavy atom. The number of furan rings is 1. The zero-order valence-corrected chi connectivity index (χ0v) is 16.6. The van der Waals surface area contributed by atoms with Crippen LogP contribution in [0, 0.1) is 0 Å². The summed E-state index contributed by atoms with van der Waals surface area (Å²) < 4.78 is 5.69. The van der Waals surface area contributed by atoms with Gasteiger partial charge < -0.3 is 14.8 Å². The van der Waals surface area contributed by atoms with E-state index >= 15 is 0 Å². The van der Waals surface area contributed by atoms with Crippen LogP contribution < -0.4 is 10.6 Å². The molecule has 0 aliphatic rings. The van der Waals surface area contributed by atoms with Crippen molar-refractivity contribution < 1.29 is 14.3 Å². The van der Waals surface area contributed by atoms with Crippen LogP contribution in [0.25, 0.3) is 17.4 Å². The quantitative estimate of drug-likeness (QED) is 0.289. The fraction of sp³-hybridized carbons (Fsp3) is 0. The van der Waals surface area contributed by atoms with Gasteiger partial charge in [0, 0.05) is 17.3 Å². The van der Waals surface area contributed by atoms with Gasteiger partial charge >= 0.3 is 0 Å². The van der Waals surface area contributed by atoms with Crippen molar-refractivity contribution in [1.29, 1.82) is 0 Å². The van der Waals surface area contributed by atoms with Gasteiger partial charge in [-0.2, -0.15) is 0 Å². The number of phenols is 1. The highest BCUT2D eigenvalue weighted by Gasteiger charge is 2.09. The summed E-state index contributed by atoms with van der Waals surface area (Å²) in [4.78, 5) is 12.0. The van der Waals surface area contributed by atoms with Gasteiger partial charge in [-0.05, 0) is 42.6 Å². The molecule has 1 heterocycles. The molecule has 3 N–H and O–H groups in total. The van der Waals surface area contributed by atoms with E-state index in [1.54, 1.807) is 12.1 Å². The summed E-state index contributed by atoms with van der Waals surface area (Å²) in [6.07, 6.45) is 2.84. The van der Waals surface area contributed by atoms with Crippen molar-refractivity contribution in [3.63, 3.8) is 0 Å². The molecule has 28 heavy (non-hydrogen) atoms. The Kier molecular flexibility index (Phi) is 6.36. The van der Waals surface area contributed by atoms with Crippen LogP contribution in [0.2, 0.25) is 10.0 Å². The third-order valence-electron chi connectivity index (χ3n) is 3.60. The average molecular weight is 433 g/mol. The third-order valence-corrected chi connectivity index (χ3v) is 4.38. The number of phenolic OH excluding ortho intramolecular Hbond substituents is 1. The molecule has 0 spiro atoms. The average Bonchev–Trinajstić information content (AvgIpc) is 3.14. The number of hydrogen-bond donors (Lipinski definition) is 3. The third kappa shape index (κ3) is 5.13. The number of hydrogen-bond acceptors (Lipinski definition) is 4. The van der Waals surface area contributed by atoms with E-state index in [4.69, 9.17) is 39.8 Å². The number of carbonyl (C=O) groups excluding carboxylic acids is 1. The lowest BCUT2D eigenvalue weighted by Crippen LogP contribution is -2.32.